The number of halogens is 2. The number of hydrogen-bond donors (Lipinski definition) is 1. The van der Waals surface area contributed by atoms with Crippen molar-refractivity contribution < 1.29 is 33.4 Å². The van der Waals surface area contributed by atoms with E-state index in [0.29, 0.717) is 16.8 Å². The molecule has 3 aromatic carbocycles. The van der Waals surface area contributed by atoms with Gasteiger partial charge in [0.25, 0.3) is 0 Å². The average molecular weight is 641 g/mol. The minimum Gasteiger partial charge on any atom is -0.504 e. The molecule has 3 aromatic rings. The quantitative estimate of drug-likeness (QED) is 0.260. The van der Waals surface area contributed by atoms with Crippen molar-refractivity contribution in [3.8, 4) is 11.5 Å². The lowest BCUT2D eigenvalue weighted by Gasteiger charge is -2.49. The fourth-order valence-corrected chi connectivity index (χ4v) is 8.36. The van der Waals surface area contributed by atoms with Gasteiger partial charge in [-0.3, -0.25) is 24.1 Å². The zero-order valence-corrected chi connectivity index (χ0v) is 25.8. The summed E-state index contributed by atoms with van der Waals surface area (Å²) < 4.78 is 19.5. The van der Waals surface area contributed by atoms with Crippen LogP contribution in [-0.4, -0.2) is 35.8 Å². The normalized spacial score (nSPS) is 28.5. The summed E-state index contributed by atoms with van der Waals surface area (Å²) in [5.74, 6) is -6.18. The van der Waals surface area contributed by atoms with Crippen LogP contribution in [0.15, 0.2) is 78.9 Å². The second-order valence-electron chi connectivity index (χ2n) is 12.5. The number of phenols is 1. The van der Waals surface area contributed by atoms with E-state index in [1.165, 1.54) is 24.1 Å². The van der Waals surface area contributed by atoms with Crippen LogP contribution >= 0.6 is 11.6 Å². The molecule has 1 saturated carbocycles. The van der Waals surface area contributed by atoms with Crippen molar-refractivity contribution in [2.75, 3.05) is 16.9 Å². The molecular weight excluding hydrogens is 611 g/mol. The molecule has 2 aliphatic carbocycles. The Morgan fingerprint density at radius 2 is 1.70 bits per heavy atom. The Morgan fingerprint density at radius 3 is 2.37 bits per heavy atom. The molecule has 2 aliphatic heterocycles. The summed E-state index contributed by atoms with van der Waals surface area (Å²) in [7, 11) is 1.42. The van der Waals surface area contributed by atoms with Gasteiger partial charge in [-0.05, 0) is 67.6 Å². The Kier molecular flexibility index (Phi) is 6.93. The van der Waals surface area contributed by atoms with E-state index in [1.54, 1.807) is 55.5 Å². The number of methoxy groups -OCH3 is 1. The minimum absolute atomic E-state index is 0.127. The molecule has 0 radical (unpaired) electrons. The van der Waals surface area contributed by atoms with Crippen LogP contribution in [0.3, 0.4) is 0 Å². The van der Waals surface area contributed by atoms with Gasteiger partial charge < -0.3 is 9.84 Å². The molecule has 1 N–H and O–H groups in total. The Labute approximate surface area is 269 Å². The van der Waals surface area contributed by atoms with Gasteiger partial charge in [0.2, 0.25) is 23.6 Å². The molecule has 10 heteroatoms. The molecule has 0 bridgehead atoms. The summed E-state index contributed by atoms with van der Waals surface area (Å²) in [6.07, 6.45) is 3.96. The summed E-state index contributed by atoms with van der Waals surface area (Å²) in [6.45, 7) is 5.46. The number of phenolic OH excluding ortho intramolecular Hbond substituents is 1. The monoisotopic (exact) mass is 640 g/mol. The third-order valence-corrected chi connectivity index (χ3v) is 10.7. The van der Waals surface area contributed by atoms with Gasteiger partial charge in [-0.2, -0.15) is 0 Å². The third kappa shape index (κ3) is 4.04. The SMILES string of the molecule is C=Cc1ccc(N2C(=O)[C@H]3[C@H](CC=C4[C@H]3C[C@H]3C(=O)N(c5ccc(F)c(Cl)c5)C(=O)[C@@]3(C)[C@H]4c3cccc(OC)c3O)C2=O)cc1. The van der Waals surface area contributed by atoms with Crippen LogP contribution in [0.25, 0.3) is 6.08 Å². The lowest BCUT2D eigenvalue weighted by Crippen LogP contribution is -2.48. The maximum atomic E-state index is 14.5. The molecule has 46 heavy (non-hydrogen) atoms. The smallest absolute Gasteiger partial charge is 0.241 e. The highest BCUT2D eigenvalue weighted by atomic mass is 35.5. The van der Waals surface area contributed by atoms with Crippen molar-refractivity contribution in [1.29, 1.82) is 0 Å². The molecule has 8 nitrogen and oxygen atoms in total. The molecule has 0 spiro atoms. The van der Waals surface area contributed by atoms with Gasteiger partial charge in [-0.15, -0.1) is 0 Å². The van der Waals surface area contributed by atoms with Crippen LogP contribution < -0.4 is 14.5 Å². The Hall–Kier alpha value is -4.76. The molecule has 4 aliphatic rings. The highest BCUT2D eigenvalue weighted by molar-refractivity contribution is 6.32. The number of allylic oxidation sites excluding steroid dienone is 2. The Morgan fingerprint density at radius 1 is 0.978 bits per heavy atom. The minimum atomic E-state index is -1.40. The van der Waals surface area contributed by atoms with Gasteiger partial charge in [0.15, 0.2) is 11.5 Å². The predicted octanol–water partition coefficient (Wildman–Crippen LogP) is 6.27. The highest BCUT2D eigenvalue weighted by Gasteiger charge is 2.68. The number of amides is 4. The number of anilines is 2. The Balaban J connectivity index is 1.37. The molecule has 0 aromatic heterocycles. The number of benzene rings is 3. The standard InChI is InChI=1S/C36H30ClFN2O6/c1-4-18-8-10-19(11-9-18)39-32(42)22-14-13-21-24(29(22)34(39)44)17-25-33(43)40(20-12-15-27(38)26(37)16-20)35(45)36(25,2)30(21)23-6-5-7-28(46-3)31(23)41/h4-13,15-16,22,24-25,29-30,41H,1,14,17H2,2-3H3/t22-,24+,25-,29-,30+,36+/m0/s1. The van der Waals surface area contributed by atoms with Crippen LogP contribution in [0.4, 0.5) is 15.8 Å². The van der Waals surface area contributed by atoms with Crippen LogP contribution in [0.5, 0.6) is 11.5 Å². The number of carbonyl (C=O) groups is 4. The van der Waals surface area contributed by atoms with Gasteiger partial charge in [-0.25, -0.2) is 9.29 Å². The first kappa shape index (κ1) is 29.9. The molecular formula is C36H30ClFN2O6. The summed E-state index contributed by atoms with van der Waals surface area (Å²) in [6, 6.07) is 15.6. The van der Waals surface area contributed by atoms with Crippen LogP contribution in [0.2, 0.25) is 5.02 Å². The summed E-state index contributed by atoms with van der Waals surface area (Å²) in [5.41, 5.74) is 1.10. The fourth-order valence-electron chi connectivity index (χ4n) is 8.18. The topological polar surface area (TPSA) is 104 Å². The number of para-hydroxylation sites is 1. The largest absolute Gasteiger partial charge is 0.504 e. The number of ether oxygens (including phenoxy) is 1. The van der Waals surface area contributed by atoms with Crippen molar-refractivity contribution >= 4 is 52.7 Å². The second-order valence-corrected chi connectivity index (χ2v) is 12.9. The molecule has 4 amide bonds. The Bertz CT molecular complexity index is 1890. The molecule has 2 heterocycles. The van der Waals surface area contributed by atoms with E-state index >= 15 is 0 Å². The molecule has 3 fully saturated rings. The third-order valence-electron chi connectivity index (χ3n) is 10.4. The second kappa shape index (κ2) is 10.7. The zero-order chi connectivity index (χ0) is 32.7. The summed E-state index contributed by atoms with van der Waals surface area (Å²) in [5, 5.41) is 11.2. The average Bonchev–Trinajstić information content (AvgIpc) is 3.42. The van der Waals surface area contributed by atoms with Crippen molar-refractivity contribution in [1.82, 2.24) is 0 Å². The first-order valence-corrected chi connectivity index (χ1v) is 15.4. The summed E-state index contributed by atoms with van der Waals surface area (Å²) >= 11 is 6.07. The van der Waals surface area contributed by atoms with E-state index in [4.69, 9.17) is 16.3 Å². The lowest BCUT2D eigenvalue weighted by molar-refractivity contribution is -0.131. The number of fused-ring (bicyclic) bond motifs is 4. The first-order chi connectivity index (χ1) is 22.0. The molecule has 0 unspecified atom stereocenters. The molecule has 6 atom stereocenters. The number of imide groups is 2. The molecule has 7 rings (SSSR count). The number of rotatable bonds is 5. The maximum Gasteiger partial charge on any atom is 0.241 e. The number of carbonyl (C=O) groups excluding carboxylic acids is 4. The van der Waals surface area contributed by atoms with Crippen LogP contribution in [0.1, 0.15) is 36.8 Å². The van der Waals surface area contributed by atoms with E-state index in [2.05, 4.69) is 6.58 Å². The summed E-state index contributed by atoms with van der Waals surface area (Å²) in [4.78, 5) is 59.1. The zero-order valence-electron chi connectivity index (χ0n) is 25.1. The predicted molar refractivity (Wildman–Crippen MR) is 170 cm³/mol. The maximum absolute atomic E-state index is 14.5. The van der Waals surface area contributed by atoms with Gasteiger partial charge >= 0.3 is 0 Å². The van der Waals surface area contributed by atoms with E-state index in [1.807, 2.05) is 6.08 Å². The van der Waals surface area contributed by atoms with E-state index in [-0.39, 0.29) is 46.9 Å². The van der Waals surface area contributed by atoms with Gasteiger partial charge in [0.05, 0.1) is 46.7 Å². The van der Waals surface area contributed by atoms with Gasteiger partial charge in [0.1, 0.15) is 5.82 Å². The van der Waals surface area contributed by atoms with Crippen molar-refractivity contribution in [2.24, 2.45) is 29.1 Å². The van der Waals surface area contributed by atoms with Crippen molar-refractivity contribution in [2.45, 2.75) is 25.7 Å². The van der Waals surface area contributed by atoms with Gasteiger partial charge in [0, 0.05) is 11.5 Å². The van der Waals surface area contributed by atoms with Crippen LogP contribution in [0, 0.1) is 34.9 Å². The van der Waals surface area contributed by atoms with E-state index < -0.39 is 52.6 Å². The van der Waals surface area contributed by atoms with E-state index in [0.717, 1.165) is 16.5 Å². The number of nitrogens with zero attached hydrogens (tertiary/aromatic N) is 2. The van der Waals surface area contributed by atoms with Crippen molar-refractivity contribution in [3.63, 3.8) is 0 Å². The van der Waals surface area contributed by atoms with Crippen LogP contribution in [-0.2, 0) is 19.2 Å². The molecule has 234 valence electrons. The van der Waals surface area contributed by atoms with Crippen molar-refractivity contribution in [3.05, 3.63) is 101 Å². The number of hydrogen-bond acceptors (Lipinski definition) is 6. The van der Waals surface area contributed by atoms with E-state index in [9.17, 15) is 28.7 Å². The first-order valence-electron chi connectivity index (χ1n) is 15.0. The highest BCUT2D eigenvalue weighted by Crippen LogP contribution is 2.65. The molecule has 2 saturated heterocycles. The van der Waals surface area contributed by atoms with Gasteiger partial charge in [-0.1, -0.05) is 60.2 Å². The number of aromatic hydroxyl groups is 1. The lowest BCUT2D eigenvalue weighted by atomic mass is 9.51. The fraction of sp³-hybridized carbons (Fsp3) is 0.278.